The average molecular weight is 573 g/mol. The van der Waals surface area contributed by atoms with Gasteiger partial charge in [0, 0.05) is 56.1 Å². The number of carbonyl (C=O) groups excluding carboxylic acids is 3. The lowest BCUT2D eigenvalue weighted by molar-refractivity contribution is -0.144. The fraction of sp³-hybridized carbons (Fsp3) is 0.448. The summed E-state index contributed by atoms with van der Waals surface area (Å²) >= 11 is 0. The van der Waals surface area contributed by atoms with Crippen LogP contribution in [0.5, 0.6) is 0 Å². The number of alkyl halides is 3. The van der Waals surface area contributed by atoms with Gasteiger partial charge in [-0.2, -0.15) is 13.2 Å². The minimum Gasteiger partial charge on any atom is -0.343 e. The number of benzodiazepines with no additional fused rings is 1. The van der Waals surface area contributed by atoms with Crippen molar-refractivity contribution in [1.82, 2.24) is 15.5 Å². The first kappa shape index (κ1) is 30.2. The number of nitrogens with two attached hydrogens (primary N) is 1. The van der Waals surface area contributed by atoms with Gasteiger partial charge in [-0.05, 0) is 25.3 Å². The van der Waals surface area contributed by atoms with Gasteiger partial charge in [0.1, 0.15) is 0 Å². The summed E-state index contributed by atoms with van der Waals surface area (Å²) < 4.78 is 39.4. The van der Waals surface area contributed by atoms with Crippen molar-refractivity contribution >= 4 is 29.1 Å². The molecule has 9 nitrogen and oxygen atoms in total. The molecule has 4 N–H and O–H groups in total. The van der Waals surface area contributed by atoms with E-state index in [1.54, 1.807) is 25.2 Å². The van der Waals surface area contributed by atoms with Crippen LogP contribution in [0.2, 0.25) is 0 Å². The van der Waals surface area contributed by atoms with Gasteiger partial charge in [-0.15, -0.1) is 0 Å². The number of piperidine rings is 1. The number of aliphatic imine (C=N–C) groups is 1. The molecule has 1 fully saturated rings. The number of nitrogens with zero attached hydrogens (tertiary/aromatic N) is 3. The SMILES string of the molecule is CN1C(=O)C(NC(=O)C(CCC(F)(F)F)CC(=O)NCN2CCC(N)CC2)N=C(c2ccccc2)c2ccccc21. The third-order valence-corrected chi connectivity index (χ3v) is 7.38. The number of halogens is 3. The van der Waals surface area contributed by atoms with Crippen LogP contribution in [0.15, 0.2) is 59.6 Å². The van der Waals surface area contributed by atoms with E-state index in [9.17, 15) is 27.6 Å². The number of likely N-dealkylation sites (tertiary alicyclic amines) is 1. The van der Waals surface area contributed by atoms with Crippen molar-refractivity contribution in [3.63, 3.8) is 0 Å². The minimum atomic E-state index is -4.51. The van der Waals surface area contributed by atoms with Crippen LogP contribution >= 0.6 is 0 Å². The van der Waals surface area contributed by atoms with E-state index < -0.39 is 55.2 Å². The van der Waals surface area contributed by atoms with Crippen LogP contribution in [0.4, 0.5) is 18.9 Å². The molecule has 2 unspecified atom stereocenters. The van der Waals surface area contributed by atoms with E-state index in [4.69, 9.17) is 5.73 Å². The maximum atomic E-state index is 13.4. The Morgan fingerprint density at radius 1 is 1.07 bits per heavy atom. The van der Waals surface area contributed by atoms with Crippen LogP contribution in [0.1, 0.15) is 43.2 Å². The number of amides is 3. The molecule has 2 atom stereocenters. The molecule has 0 spiro atoms. The molecule has 4 rings (SSSR count). The van der Waals surface area contributed by atoms with Crippen LogP contribution < -0.4 is 21.3 Å². The summed E-state index contributed by atoms with van der Waals surface area (Å²) in [6.45, 7) is 1.61. The topological polar surface area (TPSA) is 120 Å². The molecule has 0 bridgehead atoms. The highest BCUT2D eigenvalue weighted by Gasteiger charge is 2.35. The van der Waals surface area contributed by atoms with Crippen molar-refractivity contribution in [2.24, 2.45) is 16.6 Å². The zero-order chi connectivity index (χ0) is 29.6. The first-order valence-corrected chi connectivity index (χ1v) is 13.6. The van der Waals surface area contributed by atoms with Crippen LogP contribution in [0, 0.1) is 5.92 Å². The van der Waals surface area contributed by atoms with E-state index in [2.05, 4.69) is 15.6 Å². The molecule has 12 heteroatoms. The van der Waals surface area contributed by atoms with Gasteiger partial charge in [0.05, 0.1) is 18.1 Å². The number of nitrogens with one attached hydrogen (secondary N) is 2. The summed E-state index contributed by atoms with van der Waals surface area (Å²) in [6.07, 6.45) is -6.65. The van der Waals surface area contributed by atoms with Gasteiger partial charge in [0.25, 0.3) is 5.91 Å². The molecular weight excluding hydrogens is 537 g/mol. The molecule has 2 aliphatic rings. The molecule has 0 saturated carbocycles. The van der Waals surface area contributed by atoms with Crippen LogP contribution in [0.3, 0.4) is 0 Å². The smallest absolute Gasteiger partial charge is 0.343 e. The van der Waals surface area contributed by atoms with Crippen molar-refractivity contribution in [3.05, 3.63) is 65.7 Å². The van der Waals surface area contributed by atoms with Gasteiger partial charge in [-0.1, -0.05) is 48.5 Å². The van der Waals surface area contributed by atoms with Crippen molar-refractivity contribution in [1.29, 1.82) is 0 Å². The zero-order valence-electron chi connectivity index (χ0n) is 22.9. The first-order chi connectivity index (χ1) is 19.5. The summed E-state index contributed by atoms with van der Waals surface area (Å²) in [5, 5.41) is 5.24. The third-order valence-electron chi connectivity index (χ3n) is 7.38. The lowest BCUT2D eigenvalue weighted by Crippen LogP contribution is -2.49. The molecule has 2 heterocycles. The molecule has 0 radical (unpaired) electrons. The van der Waals surface area contributed by atoms with Gasteiger partial charge in [0.2, 0.25) is 18.0 Å². The average Bonchev–Trinajstić information content (AvgIpc) is 3.05. The number of para-hydroxylation sites is 1. The molecule has 220 valence electrons. The summed E-state index contributed by atoms with van der Waals surface area (Å²) in [5.74, 6) is -3.26. The highest BCUT2D eigenvalue weighted by Crippen LogP contribution is 2.28. The number of rotatable bonds is 9. The Balaban J connectivity index is 1.53. The number of likely N-dealkylation sites (N-methyl/N-ethyl adjacent to an activating group) is 1. The van der Waals surface area contributed by atoms with Crippen molar-refractivity contribution < 1.29 is 27.6 Å². The Morgan fingerprint density at radius 3 is 2.41 bits per heavy atom. The van der Waals surface area contributed by atoms with Crippen molar-refractivity contribution in [2.75, 3.05) is 31.7 Å². The lowest BCUT2D eigenvalue weighted by atomic mass is 9.97. The number of hydrogen-bond acceptors (Lipinski definition) is 6. The summed E-state index contributed by atoms with van der Waals surface area (Å²) in [4.78, 5) is 47.4. The van der Waals surface area contributed by atoms with Gasteiger partial charge < -0.3 is 21.3 Å². The summed E-state index contributed by atoms with van der Waals surface area (Å²) in [7, 11) is 1.55. The van der Waals surface area contributed by atoms with E-state index >= 15 is 0 Å². The molecule has 2 aromatic carbocycles. The highest BCUT2D eigenvalue weighted by atomic mass is 19.4. The lowest BCUT2D eigenvalue weighted by Gasteiger charge is -2.30. The molecule has 1 saturated heterocycles. The molecule has 2 aliphatic heterocycles. The second-order valence-corrected chi connectivity index (χ2v) is 10.4. The number of benzene rings is 2. The molecular formula is C29H35F3N6O3. The fourth-order valence-corrected chi connectivity index (χ4v) is 4.97. The molecule has 41 heavy (non-hydrogen) atoms. The van der Waals surface area contributed by atoms with Crippen LogP contribution in [-0.2, 0) is 14.4 Å². The number of anilines is 1. The molecule has 0 aliphatic carbocycles. The van der Waals surface area contributed by atoms with Crippen molar-refractivity contribution in [2.45, 2.75) is 50.5 Å². The monoisotopic (exact) mass is 572 g/mol. The van der Waals surface area contributed by atoms with E-state index in [1.807, 2.05) is 41.3 Å². The van der Waals surface area contributed by atoms with Gasteiger partial charge >= 0.3 is 6.18 Å². The predicted molar refractivity (Wildman–Crippen MR) is 149 cm³/mol. The van der Waals surface area contributed by atoms with Gasteiger partial charge in [-0.25, -0.2) is 4.99 Å². The normalized spacial score (nSPS) is 19.1. The van der Waals surface area contributed by atoms with E-state index in [0.29, 0.717) is 35.6 Å². The second kappa shape index (κ2) is 13.3. The summed E-state index contributed by atoms with van der Waals surface area (Å²) in [5.41, 5.74) is 8.30. The van der Waals surface area contributed by atoms with E-state index in [1.165, 1.54) is 4.90 Å². The van der Waals surface area contributed by atoms with Crippen LogP contribution in [0.25, 0.3) is 0 Å². The summed E-state index contributed by atoms with van der Waals surface area (Å²) in [6, 6.07) is 16.3. The largest absolute Gasteiger partial charge is 0.389 e. The number of fused-ring (bicyclic) bond motifs is 1. The van der Waals surface area contributed by atoms with E-state index in [0.717, 1.165) is 12.8 Å². The Bertz CT molecular complexity index is 1260. The maximum absolute atomic E-state index is 13.4. The third kappa shape index (κ3) is 8.14. The van der Waals surface area contributed by atoms with Crippen molar-refractivity contribution in [3.8, 4) is 0 Å². The fourth-order valence-electron chi connectivity index (χ4n) is 4.97. The van der Waals surface area contributed by atoms with Crippen LogP contribution in [-0.4, -0.2) is 73.5 Å². The Labute approximate surface area is 237 Å². The Morgan fingerprint density at radius 2 is 1.73 bits per heavy atom. The molecule has 2 aromatic rings. The maximum Gasteiger partial charge on any atom is 0.389 e. The highest BCUT2D eigenvalue weighted by molar-refractivity contribution is 6.20. The quantitative estimate of drug-likeness (QED) is 0.427. The molecule has 3 amide bonds. The van der Waals surface area contributed by atoms with E-state index in [-0.39, 0.29) is 12.7 Å². The molecule has 0 aromatic heterocycles. The zero-order valence-corrected chi connectivity index (χ0v) is 22.9. The number of carbonyl (C=O) groups is 3. The first-order valence-electron chi connectivity index (χ1n) is 13.6. The minimum absolute atomic E-state index is 0.112. The van der Waals surface area contributed by atoms with Gasteiger partial charge in [0.15, 0.2) is 0 Å². The standard InChI is InChI=1S/C29H35F3N6O3/c1-37-23-10-6-5-9-22(23)25(19-7-3-2-4-8-19)35-26(28(37)41)36-27(40)20(11-14-29(30,31)32)17-24(39)34-18-38-15-12-21(33)13-16-38/h2-10,20-21,26H,11-18,33H2,1H3,(H,34,39)(H,36,40). The number of hydrogen-bond donors (Lipinski definition) is 3. The second-order valence-electron chi connectivity index (χ2n) is 10.4. The van der Waals surface area contributed by atoms with Gasteiger partial charge in [-0.3, -0.25) is 19.3 Å². The predicted octanol–water partition coefficient (Wildman–Crippen LogP) is 2.79. The Hall–Kier alpha value is -3.77. The Kier molecular flexibility index (Phi) is 9.77.